The lowest BCUT2D eigenvalue weighted by Crippen LogP contribution is -2.66. The quantitative estimate of drug-likeness (QED) is 0.0822. The van der Waals surface area contributed by atoms with Crippen molar-refractivity contribution in [2.75, 3.05) is 35.0 Å². The van der Waals surface area contributed by atoms with E-state index >= 15 is 0 Å². The van der Waals surface area contributed by atoms with Crippen LogP contribution in [0, 0.1) is 17.8 Å². The molecule has 5 aliphatic heterocycles. The molecule has 468 valence electrons. The summed E-state index contributed by atoms with van der Waals surface area (Å²) in [7, 11) is 5.85. The van der Waals surface area contributed by atoms with E-state index < -0.39 is 152 Å². The Morgan fingerprint density at radius 1 is 0.728 bits per heavy atom. The molecule has 5 heterocycles. The largest absolute Gasteiger partial charge is 0.456 e. The molecule has 0 saturated carbocycles. The van der Waals surface area contributed by atoms with Crippen molar-refractivity contribution in [2.45, 2.75) is 274 Å². The van der Waals surface area contributed by atoms with Crippen LogP contribution >= 0.6 is 0 Å². The summed E-state index contributed by atoms with van der Waals surface area (Å²) in [5, 5.41) is 92.9. The Kier molecular flexibility index (Phi) is 26.9. The van der Waals surface area contributed by atoms with Crippen LogP contribution in [0.15, 0.2) is 46.6 Å². The number of aliphatic hydroxyl groups excluding tert-OH is 6. The van der Waals surface area contributed by atoms with Crippen molar-refractivity contribution in [1.82, 2.24) is 0 Å². The number of carbonyl (C=O) groups is 1. The SMILES string of the molecule is COCC(C[C@H]1O[C@@](O)([C@H](O)[C@@H]2C[C@H](OC)C(O)CCCC=C(C)CCC[C@@H](O[C@@H]3O[C@@H](C)[C@H](OC)[C@@H](O)[C@@H]3O)[C@H](C)C=C(C)C=C(C)C=C(C)C(=O)O2)[C@H](C)[C@@H](O)[C@@H]1C)O[C@H]1C[C@](C)(O)[C@H](O[C@H]2C[C@@H](OC)[C@H](O)[C@@H](C)O2)[C@H](C)O1. The molecule has 25 atom stereocenters. The highest BCUT2D eigenvalue weighted by atomic mass is 16.7. The van der Waals surface area contributed by atoms with Crippen LogP contribution < -0.4 is 0 Å². The first kappa shape index (κ1) is 69.4. The van der Waals surface area contributed by atoms with Gasteiger partial charge in [-0.3, -0.25) is 0 Å². The number of methoxy groups -OCH3 is 4. The molecule has 0 aliphatic carbocycles. The molecular formula is C60H102O21. The first-order valence-electron chi connectivity index (χ1n) is 29.2. The molecule has 4 fully saturated rings. The van der Waals surface area contributed by atoms with Crippen LogP contribution in [0.3, 0.4) is 0 Å². The van der Waals surface area contributed by atoms with Crippen LogP contribution in [0.25, 0.3) is 0 Å². The van der Waals surface area contributed by atoms with E-state index in [9.17, 15) is 45.6 Å². The van der Waals surface area contributed by atoms with Crippen LogP contribution in [0.4, 0.5) is 0 Å². The Morgan fingerprint density at radius 3 is 2.05 bits per heavy atom. The molecule has 0 spiro atoms. The number of hydrogen-bond acceptors (Lipinski definition) is 21. The first-order chi connectivity index (χ1) is 38.1. The Morgan fingerprint density at radius 2 is 1.41 bits per heavy atom. The minimum absolute atomic E-state index is 0.0118. The van der Waals surface area contributed by atoms with Gasteiger partial charge in [-0.1, -0.05) is 55.7 Å². The Bertz CT molecular complexity index is 2070. The second-order valence-electron chi connectivity index (χ2n) is 24.0. The van der Waals surface area contributed by atoms with Crippen LogP contribution in [0.2, 0.25) is 0 Å². The third-order valence-corrected chi connectivity index (χ3v) is 17.2. The molecule has 5 rings (SSSR count). The lowest BCUT2D eigenvalue weighted by Gasteiger charge is -2.51. The summed E-state index contributed by atoms with van der Waals surface area (Å²) >= 11 is 0. The Balaban J connectivity index is 1.37. The lowest BCUT2D eigenvalue weighted by molar-refractivity contribution is -0.366. The zero-order chi connectivity index (χ0) is 60.3. The zero-order valence-corrected chi connectivity index (χ0v) is 50.8. The molecule has 2 unspecified atom stereocenters. The number of ether oxygens (including phenoxy) is 12. The summed E-state index contributed by atoms with van der Waals surface area (Å²) in [6.45, 7) is 19.5. The van der Waals surface area contributed by atoms with Crippen molar-refractivity contribution in [2.24, 2.45) is 17.8 Å². The predicted octanol–water partition coefficient (Wildman–Crippen LogP) is 4.59. The van der Waals surface area contributed by atoms with E-state index in [4.69, 9.17) is 56.8 Å². The number of esters is 1. The van der Waals surface area contributed by atoms with Gasteiger partial charge in [-0.25, -0.2) is 4.79 Å². The van der Waals surface area contributed by atoms with E-state index in [0.29, 0.717) is 24.8 Å². The van der Waals surface area contributed by atoms with Crippen molar-refractivity contribution >= 4 is 5.97 Å². The minimum atomic E-state index is -2.53. The monoisotopic (exact) mass is 1160 g/mol. The van der Waals surface area contributed by atoms with Gasteiger partial charge in [0.05, 0.1) is 73.2 Å². The molecule has 8 N–H and O–H groups in total. The standard InChI is InChI=1S/C60H102O21/c1-31-19-16-17-21-42(61)45(71-13)27-47(78-57(67)35(5)25-33(3)23-32(2)24-34(4)43(22-18-20-31)79-58-53(65)52(64)54(73-15)39(9)76-58)55(66)60(69)37(7)50(62)36(6)44(81-60)26-41(30-70-12)77-49-29-59(11,68)56(40(10)75-49)80-48-28-46(72-14)51(63)38(8)74-48/h19,23-25,34,36-56,58,61-66,68-69H,16-18,20-22,26-30H2,1-15H3/t34-,36-,37-,38-,39+,40+,41?,42?,43-,44-,45+,46-,47+,48+,49+,50+,51-,52+,53+,54+,55-,56-,58+,59+,60-/m1/s1. The van der Waals surface area contributed by atoms with Crippen molar-refractivity contribution < 1.29 is 102 Å². The van der Waals surface area contributed by atoms with Gasteiger partial charge in [0.1, 0.15) is 42.7 Å². The Labute approximate surface area is 480 Å². The molecule has 0 amide bonds. The van der Waals surface area contributed by atoms with E-state index in [1.54, 1.807) is 47.6 Å². The Hall–Kier alpha value is -2.33. The van der Waals surface area contributed by atoms with Gasteiger partial charge >= 0.3 is 5.97 Å². The number of hydrogen-bond donors (Lipinski definition) is 8. The zero-order valence-electron chi connectivity index (χ0n) is 50.8. The number of aliphatic hydroxyl groups is 8. The van der Waals surface area contributed by atoms with Crippen molar-refractivity contribution in [3.63, 3.8) is 0 Å². The van der Waals surface area contributed by atoms with E-state index in [-0.39, 0.29) is 50.2 Å². The summed E-state index contributed by atoms with van der Waals surface area (Å²) < 4.78 is 72.4. The van der Waals surface area contributed by atoms with Gasteiger partial charge in [-0.15, -0.1) is 0 Å². The van der Waals surface area contributed by atoms with Crippen molar-refractivity contribution in [1.29, 1.82) is 0 Å². The maximum Gasteiger partial charge on any atom is 0.334 e. The number of rotatable bonds is 15. The van der Waals surface area contributed by atoms with Crippen LogP contribution in [-0.2, 0) is 61.6 Å². The molecule has 4 saturated heterocycles. The predicted molar refractivity (Wildman–Crippen MR) is 297 cm³/mol. The second-order valence-corrected chi connectivity index (χ2v) is 24.0. The van der Waals surface area contributed by atoms with Crippen LogP contribution in [0.5, 0.6) is 0 Å². The van der Waals surface area contributed by atoms with Crippen molar-refractivity contribution in [3.8, 4) is 0 Å². The summed E-state index contributed by atoms with van der Waals surface area (Å²) in [6.07, 6.45) is -7.89. The number of carbonyl (C=O) groups excluding carboxylic acids is 1. The normalized spacial score (nSPS) is 43.3. The molecule has 0 aromatic rings. The molecule has 0 bridgehead atoms. The van der Waals surface area contributed by atoms with E-state index in [0.717, 1.165) is 24.0 Å². The fourth-order valence-electron chi connectivity index (χ4n) is 12.3. The maximum atomic E-state index is 14.2. The van der Waals surface area contributed by atoms with E-state index in [2.05, 4.69) is 6.08 Å². The molecular weight excluding hydrogens is 1060 g/mol. The third-order valence-electron chi connectivity index (χ3n) is 17.2. The molecule has 0 aromatic carbocycles. The van der Waals surface area contributed by atoms with Gasteiger partial charge in [0.25, 0.3) is 0 Å². The first-order valence-corrected chi connectivity index (χ1v) is 29.2. The maximum absolute atomic E-state index is 14.2. The fourth-order valence-corrected chi connectivity index (χ4v) is 12.3. The average molecular weight is 1160 g/mol. The van der Waals surface area contributed by atoms with Crippen LogP contribution in [-0.4, -0.2) is 216 Å². The topological polar surface area (TPSA) is 290 Å². The summed E-state index contributed by atoms with van der Waals surface area (Å²) in [5.41, 5.74) is 1.37. The molecule has 21 nitrogen and oxygen atoms in total. The average Bonchev–Trinajstić information content (AvgIpc) is 3.44. The molecule has 81 heavy (non-hydrogen) atoms. The highest BCUT2D eigenvalue weighted by Gasteiger charge is 2.58. The summed E-state index contributed by atoms with van der Waals surface area (Å²) in [5.74, 6) is -5.30. The van der Waals surface area contributed by atoms with E-state index in [1.165, 1.54) is 35.4 Å². The van der Waals surface area contributed by atoms with Crippen LogP contribution in [0.1, 0.15) is 140 Å². The summed E-state index contributed by atoms with van der Waals surface area (Å²) in [4.78, 5) is 14.2. The molecule has 0 radical (unpaired) electrons. The number of allylic oxidation sites excluding steroid dienone is 6. The van der Waals surface area contributed by atoms with Gasteiger partial charge in [-0.05, 0) is 100.0 Å². The minimum Gasteiger partial charge on any atom is -0.456 e. The third kappa shape index (κ3) is 18.4. The van der Waals surface area contributed by atoms with Gasteiger partial charge in [0.2, 0.25) is 5.79 Å². The number of cyclic esters (lactones) is 1. The molecule has 21 heteroatoms. The highest BCUT2D eigenvalue weighted by Crippen LogP contribution is 2.43. The van der Waals surface area contributed by atoms with Gasteiger partial charge < -0.3 is 97.7 Å². The van der Waals surface area contributed by atoms with Gasteiger partial charge in [-0.2, -0.15) is 0 Å². The fraction of sp³-hybridized carbons (Fsp3) is 0.850. The van der Waals surface area contributed by atoms with Gasteiger partial charge in [0.15, 0.2) is 18.9 Å². The second kappa shape index (κ2) is 31.4. The van der Waals surface area contributed by atoms with Crippen molar-refractivity contribution in [3.05, 3.63) is 46.6 Å². The molecule has 5 aliphatic rings. The van der Waals surface area contributed by atoms with Gasteiger partial charge in [0, 0.05) is 77.4 Å². The lowest BCUT2D eigenvalue weighted by atomic mass is 9.76. The smallest absolute Gasteiger partial charge is 0.334 e. The van der Waals surface area contributed by atoms with E-state index in [1.807, 2.05) is 39.8 Å². The highest BCUT2D eigenvalue weighted by molar-refractivity contribution is 5.88. The molecule has 0 aromatic heterocycles. The summed E-state index contributed by atoms with van der Waals surface area (Å²) in [6, 6.07) is 0.